The second kappa shape index (κ2) is 16.3. The summed E-state index contributed by atoms with van der Waals surface area (Å²) in [6.07, 6.45) is 28.6. The predicted molar refractivity (Wildman–Crippen MR) is 161 cm³/mol. The Labute approximate surface area is 233 Å². The van der Waals surface area contributed by atoms with Crippen molar-refractivity contribution < 1.29 is 4.74 Å². The molecule has 2 aliphatic rings. The van der Waals surface area contributed by atoms with Gasteiger partial charge in [-0.05, 0) is 74.2 Å². The maximum absolute atomic E-state index is 5.85. The molecule has 2 aliphatic carbocycles. The van der Waals surface area contributed by atoms with Crippen LogP contribution in [0.5, 0.6) is 5.75 Å². The average molecular weight is 519 g/mol. The molecule has 0 saturated heterocycles. The molecule has 4 rings (SSSR count). The van der Waals surface area contributed by atoms with Gasteiger partial charge in [0.15, 0.2) is 11.6 Å². The van der Waals surface area contributed by atoms with Crippen molar-refractivity contribution in [1.82, 2.24) is 9.97 Å². The minimum absolute atomic E-state index is 0.726. The number of aromatic nitrogens is 2. The van der Waals surface area contributed by atoms with Gasteiger partial charge in [0.2, 0.25) is 0 Å². The number of nitrogens with zero attached hydrogens (tertiary/aromatic N) is 2. The zero-order valence-electron chi connectivity index (χ0n) is 24.5. The van der Waals surface area contributed by atoms with Crippen LogP contribution < -0.4 is 4.74 Å². The van der Waals surface area contributed by atoms with Gasteiger partial charge < -0.3 is 4.74 Å². The lowest BCUT2D eigenvalue weighted by atomic mass is 9.68. The Morgan fingerprint density at radius 3 is 1.89 bits per heavy atom. The second-order valence-electron chi connectivity index (χ2n) is 12.4. The van der Waals surface area contributed by atoms with Crippen LogP contribution in [0, 0.1) is 17.8 Å². The minimum atomic E-state index is 0.726. The maximum Gasteiger partial charge on any atom is 0.159 e. The minimum Gasteiger partial charge on any atom is -0.490 e. The van der Waals surface area contributed by atoms with E-state index in [1.54, 1.807) is 0 Å². The van der Waals surface area contributed by atoms with Gasteiger partial charge >= 0.3 is 0 Å². The molecule has 2 saturated carbocycles. The third-order valence-electron chi connectivity index (χ3n) is 9.58. The lowest BCUT2D eigenvalue weighted by Crippen LogP contribution is -2.25. The van der Waals surface area contributed by atoms with Crippen molar-refractivity contribution in [3.63, 3.8) is 0 Å². The Morgan fingerprint density at radius 2 is 1.24 bits per heavy atom. The van der Waals surface area contributed by atoms with Gasteiger partial charge in [-0.2, -0.15) is 0 Å². The van der Waals surface area contributed by atoms with Crippen molar-refractivity contribution in [2.75, 3.05) is 6.61 Å². The predicted octanol–water partition coefficient (Wildman–Crippen LogP) is 10.5. The molecule has 2 fully saturated rings. The van der Waals surface area contributed by atoms with E-state index in [9.17, 15) is 0 Å². The van der Waals surface area contributed by atoms with Gasteiger partial charge in [-0.15, -0.1) is 0 Å². The lowest BCUT2D eigenvalue weighted by molar-refractivity contribution is 0.155. The van der Waals surface area contributed by atoms with Crippen LogP contribution in [0.1, 0.15) is 141 Å². The van der Waals surface area contributed by atoms with Crippen molar-refractivity contribution in [1.29, 1.82) is 0 Å². The first-order valence-electron chi connectivity index (χ1n) is 16.3. The topological polar surface area (TPSA) is 35.0 Å². The van der Waals surface area contributed by atoms with E-state index in [-0.39, 0.29) is 0 Å². The molecule has 3 nitrogen and oxygen atoms in total. The van der Waals surface area contributed by atoms with Crippen LogP contribution in [0.15, 0.2) is 36.7 Å². The van der Waals surface area contributed by atoms with Crippen LogP contribution in [0.25, 0.3) is 11.4 Å². The van der Waals surface area contributed by atoms with Crippen molar-refractivity contribution in [2.45, 2.75) is 135 Å². The molecule has 0 N–H and O–H groups in total. The van der Waals surface area contributed by atoms with E-state index >= 15 is 0 Å². The Balaban J connectivity index is 1.16. The summed E-state index contributed by atoms with van der Waals surface area (Å²) >= 11 is 0. The molecule has 0 aliphatic heterocycles. The summed E-state index contributed by atoms with van der Waals surface area (Å²) in [5.41, 5.74) is 2.60. The number of ether oxygens (including phenoxy) is 1. The van der Waals surface area contributed by atoms with Gasteiger partial charge in [-0.25, -0.2) is 9.97 Å². The van der Waals surface area contributed by atoms with Crippen LogP contribution in [0.4, 0.5) is 0 Å². The highest BCUT2D eigenvalue weighted by atomic mass is 16.5. The zero-order chi connectivity index (χ0) is 26.4. The molecule has 0 unspecified atom stereocenters. The fourth-order valence-corrected chi connectivity index (χ4v) is 7.07. The molecule has 0 amide bonds. The molecule has 210 valence electrons. The van der Waals surface area contributed by atoms with E-state index in [1.165, 1.54) is 115 Å². The quantitative estimate of drug-likeness (QED) is 0.220. The van der Waals surface area contributed by atoms with Crippen LogP contribution >= 0.6 is 0 Å². The summed E-state index contributed by atoms with van der Waals surface area (Å²) < 4.78 is 5.85. The molecule has 3 heteroatoms. The van der Waals surface area contributed by atoms with Crippen LogP contribution in [0.3, 0.4) is 0 Å². The van der Waals surface area contributed by atoms with Crippen molar-refractivity contribution >= 4 is 0 Å². The van der Waals surface area contributed by atoms with Gasteiger partial charge in [0, 0.05) is 5.56 Å². The summed E-state index contributed by atoms with van der Waals surface area (Å²) in [7, 11) is 0. The molecular formula is C35H54N2O. The van der Waals surface area contributed by atoms with Crippen molar-refractivity contribution in [3.8, 4) is 17.1 Å². The summed E-state index contributed by atoms with van der Waals surface area (Å²) in [5, 5.41) is 0. The number of benzene rings is 1. The second-order valence-corrected chi connectivity index (χ2v) is 12.4. The monoisotopic (exact) mass is 518 g/mol. The molecule has 38 heavy (non-hydrogen) atoms. The summed E-state index contributed by atoms with van der Waals surface area (Å²) in [6, 6.07) is 9.09. The smallest absolute Gasteiger partial charge is 0.159 e. The van der Waals surface area contributed by atoms with E-state index in [1.807, 2.05) is 12.4 Å². The van der Waals surface area contributed by atoms with Gasteiger partial charge in [0.25, 0.3) is 0 Å². The number of hydrogen-bond acceptors (Lipinski definition) is 3. The lowest BCUT2D eigenvalue weighted by Gasteiger charge is -2.38. The van der Waals surface area contributed by atoms with E-state index in [4.69, 9.17) is 4.74 Å². The van der Waals surface area contributed by atoms with E-state index in [0.29, 0.717) is 0 Å². The van der Waals surface area contributed by atoms with E-state index in [2.05, 4.69) is 48.1 Å². The first kappa shape index (κ1) is 29.1. The number of hydrogen-bond donors (Lipinski definition) is 0. The largest absolute Gasteiger partial charge is 0.490 e. The van der Waals surface area contributed by atoms with Gasteiger partial charge in [-0.3, -0.25) is 0 Å². The first-order chi connectivity index (χ1) is 18.8. The standard InChI is InChI=1S/C35H54N2O/c1-3-5-7-8-9-11-25-38-34-26-36-35(37-27-34)33-23-21-32(22-24-33)31-19-17-30(18-20-31)29-15-13-28(14-16-29)12-10-6-4-2/h21-24,26-31H,3-20,25H2,1-2H3/t28-,29-,30-,31-. The normalized spacial score (nSPS) is 23.8. The third kappa shape index (κ3) is 9.09. The van der Waals surface area contributed by atoms with E-state index in [0.717, 1.165) is 53.8 Å². The highest BCUT2D eigenvalue weighted by Gasteiger charge is 2.31. The molecule has 0 radical (unpaired) electrons. The average Bonchev–Trinajstić information content (AvgIpc) is 2.98. The van der Waals surface area contributed by atoms with Crippen molar-refractivity contribution in [3.05, 3.63) is 42.2 Å². The summed E-state index contributed by atoms with van der Waals surface area (Å²) in [6.45, 7) is 5.33. The van der Waals surface area contributed by atoms with Gasteiger partial charge in [-0.1, -0.05) is 109 Å². The van der Waals surface area contributed by atoms with Crippen LogP contribution in [-0.4, -0.2) is 16.6 Å². The Kier molecular flexibility index (Phi) is 12.4. The Bertz CT molecular complexity index is 877. The fraction of sp³-hybridized carbons (Fsp3) is 0.714. The van der Waals surface area contributed by atoms with Crippen LogP contribution in [-0.2, 0) is 0 Å². The number of unbranched alkanes of at least 4 members (excludes halogenated alkanes) is 7. The highest BCUT2D eigenvalue weighted by Crippen LogP contribution is 2.44. The molecule has 2 aromatic rings. The fourth-order valence-electron chi connectivity index (χ4n) is 7.07. The van der Waals surface area contributed by atoms with E-state index < -0.39 is 0 Å². The van der Waals surface area contributed by atoms with Gasteiger partial charge in [0.05, 0.1) is 19.0 Å². The van der Waals surface area contributed by atoms with Crippen LogP contribution in [0.2, 0.25) is 0 Å². The molecule has 0 atom stereocenters. The number of rotatable bonds is 15. The highest BCUT2D eigenvalue weighted by molar-refractivity contribution is 5.55. The molecule has 0 bridgehead atoms. The summed E-state index contributed by atoms with van der Waals surface area (Å²) in [4.78, 5) is 9.16. The SMILES string of the molecule is CCCCCCCCOc1cnc(-c2ccc([C@H]3CC[C@H]([C@H]4CC[C@H](CCCCC)CC4)CC3)cc2)nc1. The van der Waals surface area contributed by atoms with Crippen molar-refractivity contribution in [2.24, 2.45) is 17.8 Å². The maximum atomic E-state index is 5.85. The third-order valence-corrected chi connectivity index (χ3v) is 9.58. The Hall–Kier alpha value is -1.90. The van der Waals surface area contributed by atoms with Gasteiger partial charge in [0.1, 0.15) is 0 Å². The summed E-state index contributed by atoms with van der Waals surface area (Å²) in [5.74, 6) is 5.32. The molecule has 1 aromatic heterocycles. The molecule has 0 spiro atoms. The first-order valence-corrected chi connectivity index (χ1v) is 16.3. The molecule has 1 heterocycles. The molecular weight excluding hydrogens is 464 g/mol. The zero-order valence-corrected chi connectivity index (χ0v) is 24.5. The molecule has 1 aromatic carbocycles. The Morgan fingerprint density at radius 1 is 0.658 bits per heavy atom.